The number of nitrogens with zero attached hydrogens (tertiary/aromatic N) is 1. The van der Waals surface area contributed by atoms with Gasteiger partial charge in [-0.15, -0.1) is 0 Å². The van der Waals surface area contributed by atoms with Gasteiger partial charge in [0.15, 0.2) is 4.90 Å². The van der Waals surface area contributed by atoms with Crippen LogP contribution in [0.2, 0.25) is 0 Å². The van der Waals surface area contributed by atoms with Gasteiger partial charge in [0, 0.05) is 13.1 Å². The molecule has 1 aromatic rings. The van der Waals surface area contributed by atoms with E-state index in [4.69, 9.17) is 9.47 Å². The molecule has 1 fully saturated rings. The lowest BCUT2D eigenvalue weighted by molar-refractivity contribution is 0.261. The zero-order valence-corrected chi connectivity index (χ0v) is 14.1. The molecule has 6 nitrogen and oxygen atoms in total. The van der Waals surface area contributed by atoms with E-state index in [0.717, 1.165) is 19.4 Å². The van der Waals surface area contributed by atoms with Crippen LogP contribution in [0.3, 0.4) is 0 Å². The van der Waals surface area contributed by atoms with Crippen molar-refractivity contribution in [2.75, 3.05) is 40.9 Å². The molecule has 0 aliphatic carbocycles. The second-order valence-corrected chi connectivity index (χ2v) is 7.30. The highest BCUT2D eigenvalue weighted by atomic mass is 32.2. The Morgan fingerprint density at radius 3 is 2.45 bits per heavy atom. The second kappa shape index (κ2) is 7.30. The largest absolute Gasteiger partial charge is 0.495 e. The second-order valence-electron chi connectivity index (χ2n) is 5.42. The zero-order valence-electron chi connectivity index (χ0n) is 13.3. The van der Waals surface area contributed by atoms with Crippen LogP contribution in [-0.2, 0) is 10.0 Å². The van der Waals surface area contributed by atoms with E-state index in [9.17, 15) is 8.42 Å². The van der Waals surface area contributed by atoms with Crippen LogP contribution in [0.1, 0.15) is 12.8 Å². The van der Waals surface area contributed by atoms with Gasteiger partial charge in [0.2, 0.25) is 10.0 Å². The molecule has 1 heterocycles. The fourth-order valence-electron chi connectivity index (χ4n) is 2.90. The molecule has 0 amide bonds. The molecule has 1 aliphatic rings. The molecule has 1 unspecified atom stereocenters. The van der Waals surface area contributed by atoms with Crippen LogP contribution < -0.4 is 14.8 Å². The molecule has 0 radical (unpaired) electrons. The Morgan fingerprint density at radius 2 is 1.91 bits per heavy atom. The van der Waals surface area contributed by atoms with Crippen molar-refractivity contribution in [1.82, 2.24) is 9.62 Å². The summed E-state index contributed by atoms with van der Waals surface area (Å²) in [5, 5.41) is 3.12. The third-order valence-corrected chi connectivity index (χ3v) is 5.88. The van der Waals surface area contributed by atoms with Crippen LogP contribution in [-0.4, -0.2) is 53.6 Å². The molecule has 1 atom stereocenters. The molecule has 1 aromatic carbocycles. The standard InChI is InChI=1S/C15H24N2O4S/c1-16-10-12-6-5-9-17(11-12)22(18,19)15-13(20-2)7-4-8-14(15)21-3/h4,7-8,12,16H,5-6,9-11H2,1-3H3. The van der Waals surface area contributed by atoms with Crippen molar-refractivity contribution in [3.63, 3.8) is 0 Å². The van der Waals surface area contributed by atoms with E-state index in [1.54, 1.807) is 22.5 Å². The van der Waals surface area contributed by atoms with E-state index in [0.29, 0.717) is 30.5 Å². The first-order valence-electron chi connectivity index (χ1n) is 7.40. The average molecular weight is 328 g/mol. The van der Waals surface area contributed by atoms with Crippen molar-refractivity contribution in [2.24, 2.45) is 5.92 Å². The van der Waals surface area contributed by atoms with Crippen molar-refractivity contribution in [2.45, 2.75) is 17.7 Å². The number of hydrogen-bond donors (Lipinski definition) is 1. The molecule has 124 valence electrons. The normalized spacial score (nSPS) is 19.9. The average Bonchev–Trinajstić information content (AvgIpc) is 2.54. The molecule has 1 aliphatic heterocycles. The molecule has 2 rings (SSSR count). The first-order valence-corrected chi connectivity index (χ1v) is 8.84. The first-order chi connectivity index (χ1) is 10.5. The third-order valence-electron chi connectivity index (χ3n) is 3.96. The minimum Gasteiger partial charge on any atom is -0.495 e. The fourth-order valence-corrected chi connectivity index (χ4v) is 4.75. The number of methoxy groups -OCH3 is 2. The van der Waals surface area contributed by atoms with Crippen molar-refractivity contribution >= 4 is 10.0 Å². The number of rotatable bonds is 6. The number of benzene rings is 1. The monoisotopic (exact) mass is 328 g/mol. The molecule has 7 heteroatoms. The Bertz CT molecular complexity index is 579. The molecule has 22 heavy (non-hydrogen) atoms. The zero-order chi connectivity index (χ0) is 16.2. The molecule has 0 saturated carbocycles. The van der Waals surface area contributed by atoms with Crippen LogP contribution in [0.15, 0.2) is 23.1 Å². The van der Waals surface area contributed by atoms with Gasteiger partial charge in [-0.1, -0.05) is 6.07 Å². The molecule has 1 saturated heterocycles. The smallest absolute Gasteiger partial charge is 0.250 e. The molecule has 0 spiro atoms. The summed E-state index contributed by atoms with van der Waals surface area (Å²) in [5.74, 6) is 0.958. The van der Waals surface area contributed by atoms with Gasteiger partial charge in [0.05, 0.1) is 14.2 Å². The van der Waals surface area contributed by atoms with Crippen molar-refractivity contribution in [1.29, 1.82) is 0 Å². The lowest BCUT2D eigenvalue weighted by Crippen LogP contribution is -2.42. The maximum Gasteiger partial charge on any atom is 0.250 e. The minimum absolute atomic E-state index is 0.116. The molecular weight excluding hydrogens is 304 g/mol. The number of ether oxygens (including phenoxy) is 2. The molecule has 0 bridgehead atoms. The summed E-state index contributed by atoms with van der Waals surface area (Å²) < 4.78 is 38.1. The predicted molar refractivity (Wildman–Crippen MR) is 85.0 cm³/mol. The van der Waals surface area contributed by atoms with E-state index < -0.39 is 10.0 Å². The Labute approximate surface area is 132 Å². The minimum atomic E-state index is -3.64. The van der Waals surface area contributed by atoms with Crippen LogP contribution in [0, 0.1) is 5.92 Å². The van der Waals surface area contributed by atoms with Gasteiger partial charge in [-0.3, -0.25) is 0 Å². The van der Waals surface area contributed by atoms with Crippen LogP contribution in [0.25, 0.3) is 0 Å². The summed E-state index contributed by atoms with van der Waals surface area (Å²) in [6.45, 7) is 1.86. The SMILES string of the molecule is CNCC1CCCN(S(=O)(=O)c2c(OC)cccc2OC)C1. The molecule has 0 aromatic heterocycles. The highest BCUT2D eigenvalue weighted by molar-refractivity contribution is 7.89. The lowest BCUT2D eigenvalue weighted by atomic mass is 10.00. The number of nitrogens with one attached hydrogen (secondary N) is 1. The Hall–Kier alpha value is -1.31. The summed E-state index contributed by atoms with van der Waals surface area (Å²) in [6, 6.07) is 5.01. The van der Waals surface area contributed by atoms with E-state index >= 15 is 0 Å². The maximum atomic E-state index is 13.0. The van der Waals surface area contributed by atoms with Crippen LogP contribution >= 0.6 is 0 Å². The molecule has 1 N–H and O–H groups in total. The Balaban J connectivity index is 2.38. The van der Waals surface area contributed by atoms with Gasteiger partial charge < -0.3 is 14.8 Å². The fraction of sp³-hybridized carbons (Fsp3) is 0.600. The number of sulfonamides is 1. The van der Waals surface area contributed by atoms with Gasteiger partial charge in [-0.25, -0.2) is 8.42 Å². The van der Waals surface area contributed by atoms with Gasteiger partial charge in [0.25, 0.3) is 0 Å². The summed E-state index contributed by atoms with van der Waals surface area (Å²) in [4.78, 5) is 0.116. The highest BCUT2D eigenvalue weighted by Crippen LogP contribution is 2.36. The number of piperidine rings is 1. The highest BCUT2D eigenvalue weighted by Gasteiger charge is 2.34. The van der Waals surface area contributed by atoms with Crippen molar-refractivity contribution in [3.05, 3.63) is 18.2 Å². The number of hydrogen-bond acceptors (Lipinski definition) is 5. The Morgan fingerprint density at radius 1 is 1.27 bits per heavy atom. The van der Waals surface area contributed by atoms with E-state index in [1.807, 2.05) is 7.05 Å². The van der Waals surface area contributed by atoms with Crippen LogP contribution in [0.5, 0.6) is 11.5 Å². The topological polar surface area (TPSA) is 67.9 Å². The van der Waals surface area contributed by atoms with Gasteiger partial charge >= 0.3 is 0 Å². The summed E-state index contributed by atoms with van der Waals surface area (Å²) in [6.07, 6.45) is 1.90. The first kappa shape index (κ1) is 17.1. The quantitative estimate of drug-likeness (QED) is 0.853. The third kappa shape index (κ3) is 3.37. The molecular formula is C15H24N2O4S. The summed E-state index contributed by atoms with van der Waals surface area (Å²) >= 11 is 0. The van der Waals surface area contributed by atoms with Crippen molar-refractivity contribution < 1.29 is 17.9 Å². The van der Waals surface area contributed by atoms with Gasteiger partial charge in [-0.05, 0) is 44.5 Å². The lowest BCUT2D eigenvalue weighted by Gasteiger charge is -2.32. The Kier molecular flexibility index (Phi) is 5.66. The van der Waals surface area contributed by atoms with Crippen LogP contribution in [0.4, 0.5) is 0 Å². The maximum absolute atomic E-state index is 13.0. The van der Waals surface area contributed by atoms with E-state index in [1.165, 1.54) is 14.2 Å². The van der Waals surface area contributed by atoms with Gasteiger partial charge in [-0.2, -0.15) is 4.31 Å². The van der Waals surface area contributed by atoms with E-state index in [-0.39, 0.29) is 4.90 Å². The predicted octanol–water partition coefficient (Wildman–Crippen LogP) is 1.32. The van der Waals surface area contributed by atoms with Gasteiger partial charge in [0.1, 0.15) is 11.5 Å². The summed E-state index contributed by atoms with van der Waals surface area (Å²) in [7, 11) is 1.17. The summed E-state index contributed by atoms with van der Waals surface area (Å²) in [5.41, 5.74) is 0. The van der Waals surface area contributed by atoms with E-state index in [2.05, 4.69) is 5.32 Å². The van der Waals surface area contributed by atoms with Crippen molar-refractivity contribution in [3.8, 4) is 11.5 Å².